The molecule has 2 heterocycles. The quantitative estimate of drug-likeness (QED) is 0.429. The Bertz CT molecular complexity index is 785. The van der Waals surface area contributed by atoms with Gasteiger partial charge in [0.25, 0.3) is 5.69 Å². The van der Waals surface area contributed by atoms with Gasteiger partial charge in [0, 0.05) is 17.0 Å². The third kappa shape index (κ3) is 2.26. The van der Waals surface area contributed by atoms with Crippen molar-refractivity contribution in [3.05, 3.63) is 40.6 Å². The number of nitro benzene ring substituents is 1. The van der Waals surface area contributed by atoms with Gasteiger partial charge in [0.2, 0.25) is 5.95 Å². The fraction of sp³-hybridized carbons (Fsp3) is 0. The van der Waals surface area contributed by atoms with Gasteiger partial charge in [0.05, 0.1) is 16.5 Å². The molecule has 3 rings (SSSR count). The second-order valence-corrected chi connectivity index (χ2v) is 4.93. The minimum Gasteiger partial charge on any atom is -0.368 e. The number of fused-ring (bicyclic) bond motifs is 1. The number of nitrogens with zero attached hydrogens (tertiary/aromatic N) is 4. The van der Waals surface area contributed by atoms with E-state index in [1.807, 2.05) is 0 Å². The first-order valence-electron chi connectivity index (χ1n) is 5.52. The van der Waals surface area contributed by atoms with Crippen molar-refractivity contribution in [1.82, 2.24) is 20.2 Å². The van der Waals surface area contributed by atoms with E-state index in [0.29, 0.717) is 10.7 Å². The topological polar surface area (TPSA) is 124 Å². The molecule has 0 bridgehead atoms. The maximum atomic E-state index is 10.6. The molecule has 0 aliphatic heterocycles. The zero-order valence-electron chi connectivity index (χ0n) is 9.98. The van der Waals surface area contributed by atoms with Crippen molar-refractivity contribution in [2.45, 2.75) is 9.92 Å². The zero-order chi connectivity index (χ0) is 14.1. The molecule has 9 heteroatoms. The summed E-state index contributed by atoms with van der Waals surface area (Å²) in [6.07, 6.45) is 1.61. The van der Waals surface area contributed by atoms with Crippen molar-refractivity contribution >= 4 is 34.4 Å². The number of nitrogens with two attached hydrogens (primary N) is 1. The molecule has 100 valence electrons. The normalized spacial score (nSPS) is 10.8. The van der Waals surface area contributed by atoms with E-state index in [9.17, 15) is 10.1 Å². The highest BCUT2D eigenvalue weighted by Crippen LogP contribution is 2.32. The number of hydrogen-bond donors (Lipinski definition) is 2. The summed E-state index contributed by atoms with van der Waals surface area (Å²) in [4.78, 5) is 19.2. The van der Waals surface area contributed by atoms with E-state index in [1.165, 1.54) is 23.9 Å². The molecule has 0 saturated carbocycles. The highest BCUT2D eigenvalue weighted by molar-refractivity contribution is 7.99. The van der Waals surface area contributed by atoms with E-state index in [-0.39, 0.29) is 11.6 Å². The van der Waals surface area contributed by atoms with E-state index in [0.717, 1.165) is 10.3 Å². The molecule has 8 nitrogen and oxygen atoms in total. The number of nitrogens with one attached hydrogen (secondary N) is 1. The highest BCUT2D eigenvalue weighted by Gasteiger charge is 2.11. The number of nitrogen functional groups attached to an aromatic ring is 1. The standard InChI is InChI=1S/C11H8N6O2S/c12-11-14-9-8(5-13-16-9)10(15-11)20-7-3-1-6(2-4-7)17(18)19/h1-5H,(H3,12,13,14,15,16). The van der Waals surface area contributed by atoms with Crippen molar-refractivity contribution in [2.75, 3.05) is 5.73 Å². The number of non-ortho nitro benzene ring substituents is 1. The summed E-state index contributed by atoms with van der Waals surface area (Å²) in [6, 6.07) is 6.21. The van der Waals surface area contributed by atoms with Crippen LogP contribution in [0.2, 0.25) is 0 Å². The summed E-state index contributed by atoms with van der Waals surface area (Å²) in [6.45, 7) is 0. The number of rotatable bonds is 3. The number of benzene rings is 1. The lowest BCUT2D eigenvalue weighted by atomic mass is 10.3. The van der Waals surface area contributed by atoms with Gasteiger partial charge >= 0.3 is 0 Å². The summed E-state index contributed by atoms with van der Waals surface area (Å²) in [7, 11) is 0. The number of hydrogen-bond acceptors (Lipinski definition) is 7. The van der Waals surface area contributed by atoms with E-state index in [1.54, 1.807) is 18.3 Å². The van der Waals surface area contributed by atoms with Crippen molar-refractivity contribution in [2.24, 2.45) is 0 Å². The van der Waals surface area contributed by atoms with Gasteiger partial charge in [-0.1, -0.05) is 11.8 Å². The van der Waals surface area contributed by atoms with Crippen LogP contribution >= 0.6 is 11.8 Å². The van der Waals surface area contributed by atoms with Gasteiger partial charge in [0.15, 0.2) is 5.65 Å². The maximum Gasteiger partial charge on any atom is 0.269 e. The van der Waals surface area contributed by atoms with E-state index in [4.69, 9.17) is 5.73 Å². The Morgan fingerprint density at radius 3 is 2.70 bits per heavy atom. The predicted molar refractivity (Wildman–Crippen MR) is 73.3 cm³/mol. The second kappa shape index (κ2) is 4.78. The molecule has 0 aliphatic carbocycles. The lowest BCUT2D eigenvalue weighted by Crippen LogP contribution is -1.96. The van der Waals surface area contributed by atoms with Gasteiger partial charge < -0.3 is 5.73 Å². The Morgan fingerprint density at radius 2 is 2.00 bits per heavy atom. The number of aromatic amines is 1. The summed E-state index contributed by atoms with van der Waals surface area (Å²) in [5, 5.41) is 18.6. The molecule has 0 spiro atoms. The van der Waals surface area contributed by atoms with Crippen LogP contribution in [-0.2, 0) is 0 Å². The molecule has 3 aromatic rings. The van der Waals surface area contributed by atoms with Crippen LogP contribution in [0.1, 0.15) is 0 Å². The van der Waals surface area contributed by atoms with Gasteiger partial charge in [-0.05, 0) is 12.1 Å². The largest absolute Gasteiger partial charge is 0.368 e. The third-order valence-electron chi connectivity index (χ3n) is 2.55. The lowest BCUT2D eigenvalue weighted by Gasteiger charge is -2.02. The Labute approximate surface area is 116 Å². The molecule has 0 amide bonds. The van der Waals surface area contributed by atoms with Gasteiger partial charge in [0.1, 0.15) is 5.03 Å². The van der Waals surface area contributed by atoms with E-state index in [2.05, 4.69) is 20.2 Å². The Morgan fingerprint density at radius 1 is 1.25 bits per heavy atom. The smallest absolute Gasteiger partial charge is 0.269 e. The minimum atomic E-state index is -0.439. The molecule has 0 saturated heterocycles. The SMILES string of the molecule is Nc1nc(Sc2ccc([N+](=O)[O-])cc2)c2cn[nH]c2n1. The molecular formula is C11H8N6O2S. The summed E-state index contributed by atoms with van der Waals surface area (Å²) in [5.41, 5.74) is 6.23. The molecule has 1 aromatic carbocycles. The molecule has 0 unspecified atom stereocenters. The van der Waals surface area contributed by atoms with Crippen LogP contribution in [0, 0.1) is 10.1 Å². The van der Waals surface area contributed by atoms with Gasteiger partial charge in [-0.25, -0.2) is 4.98 Å². The van der Waals surface area contributed by atoms with Crippen LogP contribution in [0.3, 0.4) is 0 Å². The fourth-order valence-electron chi connectivity index (χ4n) is 1.65. The van der Waals surface area contributed by atoms with E-state index >= 15 is 0 Å². The average molecular weight is 288 g/mol. The Hall–Kier alpha value is -2.68. The van der Waals surface area contributed by atoms with Crippen molar-refractivity contribution < 1.29 is 4.92 Å². The van der Waals surface area contributed by atoms with Crippen LogP contribution in [-0.4, -0.2) is 25.1 Å². The third-order valence-corrected chi connectivity index (χ3v) is 3.57. The molecular weight excluding hydrogens is 280 g/mol. The molecule has 0 atom stereocenters. The van der Waals surface area contributed by atoms with Crippen molar-refractivity contribution in [3.63, 3.8) is 0 Å². The summed E-state index contributed by atoms with van der Waals surface area (Å²) < 4.78 is 0. The molecule has 2 aromatic heterocycles. The number of nitro groups is 1. The van der Waals surface area contributed by atoms with Gasteiger partial charge in [-0.2, -0.15) is 10.1 Å². The minimum absolute atomic E-state index is 0.0463. The van der Waals surface area contributed by atoms with Gasteiger partial charge in [-0.15, -0.1) is 0 Å². The molecule has 0 fully saturated rings. The van der Waals surface area contributed by atoms with Crippen LogP contribution in [0.15, 0.2) is 40.4 Å². The first kappa shape index (κ1) is 12.4. The van der Waals surface area contributed by atoms with Crippen LogP contribution in [0.5, 0.6) is 0 Å². The van der Waals surface area contributed by atoms with Crippen LogP contribution < -0.4 is 5.73 Å². The number of H-pyrrole nitrogens is 1. The van der Waals surface area contributed by atoms with Crippen molar-refractivity contribution in [3.8, 4) is 0 Å². The van der Waals surface area contributed by atoms with Crippen LogP contribution in [0.4, 0.5) is 11.6 Å². The predicted octanol–water partition coefficient (Wildman–Crippen LogP) is 1.99. The highest BCUT2D eigenvalue weighted by atomic mass is 32.2. The number of anilines is 1. The summed E-state index contributed by atoms with van der Waals surface area (Å²) in [5.74, 6) is 0.145. The van der Waals surface area contributed by atoms with E-state index < -0.39 is 4.92 Å². The Kier molecular flexibility index (Phi) is 2.95. The monoisotopic (exact) mass is 288 g/mol. The zero-order valence-corrected chi connectivity index (χ0v) is 10.8. The average Bonchev–Trinajstić information content (AvgIpc) is 2.87. The van der Waals surface area contributed by atoms with Gasteiger partial charge in [-0.3, -0.25) is 15.2 Å². The number of aromatic nitrogens is 4. The first-order valence-corrected chi connectivity index (χ1v) is 6.34. The van der Waals surface area contributed by atoms with Crippen molar-refractivity contribution in [1.29, 1.82) is 0 Å². The Balaban J connectivity index is 1.96. The fourth-order valence-corrected chi connectivity index (χ4v) is 2.54. The molecule has 3 N–H and O–H groups in total. The first-order chi connectivity index (χ1) is 9.63. The molecule has 20 heavy (non-hydrogen) atoms. The second-order valence-electron chi connectivity index (χ2n) is 3.87. The lowest BCUT2D eigenvalue weighted by molar-refractivity contribution is -0.384. The molecule has 0 aliphatic rings. The van der Waals surface area contributed by atoms with Crippen LogP contribution in [0.25, 0.3) is 11.0 Å². The molecule has 0 radical (unpaired) electrons. The summed E-state index contributed by atoms with van der Waals surface area (Å²) >= 11 is 1.34. The maximum absolute atomic E-state index is 10.6.